The van der Waals surface area contributed by atoms with Gasteiger partial charge >= 0.3 is 6.18 Å². The summed E-state index contributed by atoms with van der Waals surface area (Å²) in [4.78, 5) is 17.1. The minimum Gasteiger partial charge on any atom is -0.497 e. The van der Waals surface area contributed by atoms with Crippen LogP contribution < -0.4 is 4.74 Å². The van der Waals surface area contributed by atoms with E-state index in [0.29, 0.717) is 26.2 Å². The van der Waals surface area contributed by atoms with Gasteiger partial charge in [0.25, 0.3) is 5.91 Å². The monoisotopic (exact) mass is 464 g/mol. The van der Waals surface area contributed by atoms with Crippen LogP contribution in [0.1, 0.15) is 35.3 Å². The molecule has 8 heteroatoms. The van der Waals surface area contributed by atoms with Crippen LogP contribution in [0.5, 0.6) is 5.75 Å². The molecular formula is C25H31F3N2O3. The predicted octanol–water partition coefficient (Wildman–Crippen LogP) is 4.71. The molecule has 0 radical (unpaired) electrons. The van der Waals surface area contributed by atoms with Gasteiger partial charge in [-0.05, 0) is 47.9 Å². The summed E-state index contributed by atoms with van der Waals surface area (Å²) in [6.45, 7) is 7.62. The Balaban J connectivity index is 1.66. The molecule has 33 heavy (non-hydrogen) atoms. The van der Waals surface area contributed by atoms with Crippen LogP contribution in [0.25, 0.3) is 0 Å². The number of nitrogens with zero attached hydrogens (tertiary/aromatic N) is 2. The van der Waals surface area contributed by atoms with E-state index < -0.39 is 11.7 Å². The zero-order valence-corrected chi connectivity index (χ0v) is 19.3. The molecule has 1 unspecified atom stereocenters. The van der Waals surface area contributed by atoms with Crippen LogP contribution in [0.15, 0.2) is 48.5 Å². The summed E-state index contributed by atoms with van der Waals surface area (Å²) in [7, 11) is 1.64. The van der Waals surface area contributed by atoms with Gasteiger partial charge in [0.05, 0.1) is 25.4 Å². The second kappa shape index (κ2) is 11.0. The number of morpholine rings is 1. The maximum Gasteiger partial charge on any atom is 0.416 e. The van der Waals surface area contributed by atoms with Gasteiger partial charge in [-0.1, -0.05) is 26.0 Å². The van der Waals surface area contributed by atoms with Crippen molar-refractivity contribution in [3.05, 3.63) is 65.2 Å². The third-order valence-corrected chi connectivity index (χ3v) is 5.52. The number of alkyl halides is 3. The van der Waals surface area contributed by atoms with E-state index in [1.54, 1.807) is 12.0 Å². The summed E-state index contributed by atoms with van der Waals surface area (Å²) in [5.41, 5.74) is 0.612. The lowest BCUT2D eigenvalue weighted by Gasteiger charge is -2.36. The van der Waals surface area contributed by atoms with E-state index in [9.17, 15) is 18.0 Å². The fraction of sp³-hybridized carbons (Fsp3) is 0.480. The van der Waals surface area contributed by atoms with Crippen molar-refractivity contribution in [2.75, 3.05) is 39.9 Å². The van der Waals surface area contributed by atoms with Gasteiger partial charge in [-0.3, -0.25) is 9.69 Å². The Morgan fingerprint density at radius 1 is 1.21 bits per heavy atom. The van der Waals surface area contributed by atoms with Gasteiger partial charge < -0.3 is 14.4 Å². The van der Waals surface area contributed by atoms with Crippen LogP contribution in [0.4, 0.5) is 13.2 Å². The predicted molar refractivity (Wildman–Crippen MR) is 120 cm³/mol. The van der Waals surface area contributed by atoms with Crippen molar-refractivity contribution in [3.63, 3.8) is 0 Å². The maximum absolute atomic E-state index is 13.1. The lowest BCUT2D eigenvalue weighted by atomic mass is 10.1. The first-order valence-electron chi connectivity index (χ1n) is 11.1. The second-order valence-corrected chi connectivity index (χ2v) is 8.76. The molecule has 0 aromatic heterocycles. The molecular weight excluding hydrogens is 433 g/mol. The van der Waals surface area contributed by atoms with E-state index in [1.807, 2.05) is 38.1 Å². The lowest BCUT2D eigenvalue weighted by Crippen LogP contribution is -2.49. The maximum atomic E-state index is 13.1. The minimum absolute atomic E-state index is 0.179. The molecule has 0 N–H and O–H groups in total. The van der Waals surface area contributed by atoms with Crippen molar-refractivity contribution < 1.29 is 27.4 Å². The van der Waals surface area contributed by atoms with E-state index in [4.69, 9.17) is 9.47 Å². The molecule has 1 amide bonds. The van der Waals surface area contributed by atoms with Gasteiger partial charge in [-0.15, -0.1) is 0 Å². The number of carbonyl (C=O) groups is 1. The summed E-state index contributed by atoms with van der Waals surface area (Å²) in [6, 6.07) is 12.3. The summed E-state index contributed by atoms with van der Waals surface area (Å²) < 4.78 is 49.9. The van der Waals surface area contributed by atoms with E-state index in [-0.39, 0.29) is 23.5 Å². The molecule has 0 spiro atoms. The quantitative estimate of drug-likeness (QED) is 0.567. The summed E-state index contributed by atoms with van der Waals surface area (Å²) in [6.07, 6.45) is -4.61. The van der Waals surface area contributed by atoms with Crippen molar-refractivity contribution in [1.82, 2.24) is 9.80 Å². The van der Waals surface area contributed by atoms with E-state index in [2.05, 4.69) is 4.90 Å². The van der Waals surface area contributed by atoms with Crippen LogP contribution in [-0.2, 0) is 17.5 Å². The number of amides is 1. The first-order valence-corrected chi connectivity index (χ1v) is 11.1. The van der Waals surface area contributed by atoms with E-state index in [0.717, 1.165) is 36.5 Å². The van der Waals surface area contributed by atoms with Gasteiger partial charge in [-0.25, -0.2) is 0 Å². The largest absolute Gasteiger partial charge is 0.497 e. The number of benzene rings is 2. The molecule has 1 heterocycles. The molecule has 2 aromatic rings. The highest BCUT2D eigenvalue weighted by atomic mass is 19.4. The number of carbonyl (C=O) groups excluding carboxylic acids is 1. The Hall–Kier alpha value is -2.58. The molecule has 1 aliphatic heterocycles. The highest BCUT2D eigenvalue weighted by Gasteiger charge is 2.31. The first kappa shape index (κ1) is 25.1. The van der Waals surface area contributed by atoms with Gasteiger partial charge in [0.15, 0.2) is 0 Å². The van der Waals surface area contributed by atoms with Gasteiger partial charge in [0, 0.05) is 38.3 Å². The Labute approximate surface area is 193 Å². The summed E-state index contributed by atoms with van der Waals surface area (Å²) in [5, 5.41) is 0. The van der Waals surface area contributed by atoms with Crippen LogP contribution in [0.2, 0.25) is 0 Å². The number of ether oxygens (including phenoxy) is 2. The lowest BCUT2D eigenvalue weighted by molar-refractivity contribution is -0.137. The minimum atomic E-state index is -4.43. The normalized spacial score (nSPS) is 17.2. The Bertz CT molecular complexity index is 916. The number of hydrogen-bond acceptors (Lipinski definition) is 4. The van der Waals surface area contributed by atoms with Crippen LogP contribution in [-0.4, -0.2) is 61.7 Å². The van der Waals surface area contributed by atoms with E-state index in [1.165, 1.54) is 12.1 Å². The van der Waals surface area contributed by atoms with Crippen molar-refractivity contribution >= 4 is 5.91 Å². The third kappa shape index (κ3) is 7.20. The summed E-state index contributed by atoms with van der Waals surface area (Å²) in [5.74, 6) is 0.730. The first-order chi connectivity index (χ1) is 15.7. The van der Waals surface area contributed by atoms with Crippen LogP contribution in [0.3, 0.4) is 0 Å². The molecule has 0 bridgehead atoms. The van der Waals surface area contributed by atoms with Crippen molar-refractivity contribution in [2.45, 2.75) is 32.7 Å². The molecule has 1 fully saturated rings. The molecule has 0 saturated carbocycles. The Morgan fingerprint density at radius 3 is 2.58 bits per heavy atom. The fourth-order valence-electron chi connectivity index (χ4n) is 3.97. The van der Waals surface area contributed by atoms with Crippen molar-refractivity contribution in [1.29, 1.82) is 0 Å². The molecule has 3 rings (SSSR count). The fourth-order valence-corrected chi connectivity index (χ4v) is 3.97. The van der Waals surface area contributed by atoms with Crippen molar-refractivity contribution in [3.8, 4) is 5.75 Å². The van der Waals surface area contributed by atoms with Gasteiger partial charge in [0.2, 0.25) is 0 Å². The molecule has 1 saturated heterocycles. The smallest absolute Gasteiger partial charge is 0.416 e. The molecule has 0 aliphatic carbocycles. The molecule has 1 atom stereocenters. The molecule has 2 aromatic carbocycles. The average molecular weight is 465 g/mol. The topological polar surface area (TPSA) is 42.0 Å². The second-order valence-electron chi connectivity index (χ2n) is 8.76. The highest BCUT2D eigenvalue weighted by molar-refractivity contribution is 5.94. The SMILES string of the molecule is COc1cccc(CN2CCOC(CN(CC(C)C)C(=O)c3ccc(C(F)(F)F)cc3)C2)c1. The van der Waals surface area contributed by atoms with Crippen molar-refractivity contribution in [2.24, 2.45) is 5.92 Å². The Morgan fingerprint density at radius 2 is 1.94 bits per heavy atom. The third-order valence-electron chi connectivity index (χ3n) is 5.52. The number of halogens is 3. The summed E-state index contributed by atoms with van der Waals surface area (Å²) >= 11 is 0. The van der Waals surface area contributed by atoms with Crippen LogP contribution in [0, 0.1) is 5.92 Å². The zero-order valence-electron chi connectivity index (χ0n) is 19.3. The van der Waals surface area contributed by atoms with Gasteiger partial charge in [-0.2, -0.15) is 13.2 Å². The Kier molecular flexibility index (Phi) is 8.37. The zero-order chi connectivity index (χ0) is 24.0. The average Bonchev–Trinajstić information content (AvgIpc) is 2.78. The molecule has 180 valence electrons. The van der Waals surface area contributed by atoms with Crippen LogP contribution >= 0.6 is 0 Å². The number of rotatable bonds is 8. The van der Waals surface area contributed by atoms with Gasteiger partial charge in [0.1, 0.15) is 5.75 Å². The number of hydrogen-bond donors (Lipinski definition) is 0. The number of methoxy groups -OCH3 is 1. The molecule has 1 aliphatic rings. The van der Waals surface area contributed by atoms with E-state index >= 15 is 0 Å². The molecule has 5 nitrogen and oxygen atoms in total. The highest BCUT2D eigenvalue weighted by Crippen LogP contribution is 2.29. The standard InChI is InChI=1S/C25H31F3N2O3/c1-18(2)14-30(24(31)20-7-9-21(10-8-20)25(26,27)28)17-23-16-29(11-12-33-23)15-19-5-4-6-22(13-19)32-3/h4-10,13,18,23H,11-12,14-17H2,1-3H3.